The second-order valence-corrected chi connectivity index (χ2v) is 6.49. The van der Waals surface area contributed by atoms with Crippen LogP contribution in [0.25, 0.3) is 5.65 Å². The standard InChI is InChI=1S/C14H15BrClN3O2/c1-21-14(20)9-5-3-2-4-8(9)11-6-12(16)19-13(18-11)10(15)7-17-19/h6-9H,2-5H2,1H3/t8-,9+/m1/s1. The Labute approximate surface area is 135 Å². The van der Waals surface area contributed by atoms with E-state index in [0.717, 1.165) is 35.8 Å². The Morgan fingerprint density at radius 3 is 3.00 bits per heavy atom. The molecule has 2 atom stereocenters. The maximum atomic E-state index is 12.0. The van der Waals surface area contributed by atoms with Gasteiger partial charge in [0, 0.05) is 11.6 Å². The molecule has 21 heavy (non-hydrogen) atoms. The minimum atomic E-state index is -0.162. The summed E-state index contributed by atoms with van der Waals surface area (Å²) in [6.45, 7) is 0. The molecular formula is C14H15BrClN3O2. The highest BCUT2D eigenvalue weighted by atomic mass is 79.9. The van der Waals surface area contributed by atoms with E-state index in [-0.39, 0.29) is 17.8 Å². The van der Waals surface area contributed by atoms with E-state index in [0.29, 0.717) is 10.8 Å². The highest BCUT2D eigenvalue weighted by Gasteiger charge is 2.34. The van der Waals surface area contributed by atoms with Crippen molar-refractivity contribution in [3.8, 4) is 0 Å². The zero-order valence-electron chi connectivity index (χ0n) is 11.6. The average Bonchev–Trinajstić information content (AvgIpc) is 2.88. The average molecular weight is 373 g/mol. The first kappa shape index (κ1) is 14.8. The van der Waals surface area contributed by atoms with Crippen molar-refractivity contribution in [2.45, 2.75) is 31.6 Å². The molecule has 1 fully saturated rings. The summed E-state index contributed by atoms with van der Waals surface area (Å²) in [5, 5.41) is 4.65. The smallest absolute Gasteiger partial charge is 0.309 e. The lowest BCUT2D eigenvalue weighted by Gasteiger charge is -2.29. The van der Waals surface area contributed by atoms with Crippen LogP contribution < -0.4 is 0 Å². The van der Waals surface area contributed by atoms with Crippen molar-refractivity contribution in [3.63, 3.8) is 0 Å². The van der Waals surface area contributed by atoms with Crippen LogP contribution in [0.15, 0.2) is 16.7 Å². The van der Waals surface area contributed by atoms with E-state index in [1.807, 2.05) is 0 Å². The summed E-state index contributed by atoms with van der Waals surface area (Å²) in [7, 11) is 1.44. The Morgan fingerprint density at radius 2 is 2.24 bits per heavy atom. The first-order valence-corrected chi connectivity index (χ1v) is 8.06. The van der Waals surface area contributed by atoms with E-state index in [2.05, 4.69) is 26.0 Å². The number of esters is 1. The summed E-state index contributed by atoms with van der Waals surface area (Å²) < 4.78 is 7.30. The summed E-state index contributed by atoms with van der Waals surface area (Å²) >= 11 is 9.70. The summed E-state index contributed by atoms with van der Waals surface area (Å²) in [5.74, 6) is -0.253. The minimum Gasteiger partial charge on any atom is -0.469 e. The van der Waals surface area contributed by atoms with Gasteiger partial charge in [0.25, 0.3) is 0 Å². The number of methoxy groups -OCH3 is 1. The van der Waals surface area contributed by atoms with E-state index in [9.17, 15) is 4.79 Å². The molecule has 0 aromatic carbocycles. The van der Waals surface area contributed by atoms with Crippen LogP contribution in [0.1, 0.15) is 37.3 Å². The van der Waals surface area contributed by atoms with Gasteiger partial charge in [-0.3, -0.25) is 4.79 Å². The minimum absolute atomic E-state index is 0.0514. The quantitative estimate of drug-likeness (QED) is 0.597. The van der Waals surface area contributed by atoms with Crippen molar-refractivity contribution in [2.75, 3.05) is 7.11 Å². The SMILES string of the molecule is COC(=O)[C@H]1CCCC[C@H]1c1cc(Cl)n2ncc(Br)c2n1. The third kappa shape index (κ3) is 2.66. The number of halogens is 2. The molecule has 2 aromatic rings. The summed E-state index contributed by atoms with van der Waals surface area (Å²) in [6, 6.07) is 1.81. The van der Waals surface area contributed by atoms with Gasteiger partial charge in [0.2, 0.25) is 0 Å². The predicted molar refractivity (Wildman–Crippen MR) is 82.4 cm³/mol. The number of carbonyl (C=O) groups is 1. The molecule has 0 saturated heterocycles. The van der Waals surface area contributed by atoms with Gasteiger partial charge < -0.3 is 4.74 Å². The molecule has 0 N–H and O–H groups in total. The molecule has 112 valence electrons. The molecule has 0 bridgehead atoms. The number of fused-ring (bicyclic) bond motifs is 1. The predicted octanol–water partition coefficient (Wildman–Crippen LogP) is 3.59. The van der Waals surface area contributed by atoms with E-state index in [1.165, 1.54) is 7.11 Å². The largest absolute Gasteiger partial charge is 0.469 e. The number of hydrogen-bond acceptors (Lipinski definition) is 4. The van der Waals surface area contributed by atoms with Crippen molar-refractivity contribution >= 4 is 39.1 Å². The second kappa shape index (κ2) is 5.93. The van der Waals surface area contributed by atoms with E-state index >= 15 is 0 Å². The monoisotopic (exact) mass is 371 g/mol. The zero-order valence-corrected chi connectivity index (χ0v) is 13.9. The van der Waals surface area contributed by atoms with Crippen molar-refractivity contribution < 1.29 is 9.53 Å². The van der Waals surface area contributed by atoms with Gasteiger partial charge in [0.15, 0.2) is 5.65 Å². The van der Waals surface area contributed by atoms with Gasteiger partial charge in [-0.1, -0.05) is 24.4 Å². The fourth-order valence-corrected chi connectivity index (χ4v) is 3.61. The fraction of sp³-hybridized carbons (Fsp3) is 0.500. The molecular weight excluding hydrogens is 358 g/mol. The normalized spacial score (nSPS) is 22.4. The van der Waals surface area contributed by atoms with Crippen LogP contribution in [0.2, 0.25) is 5.15 Å². The molecule has 0 radical (unpaired) electrons. The number of nitrogens with zero attached hydrogens (tertiary/aromatic N) is 3. The van der Waals surface area contributed by atoms with E-state index in [4.69, 9.17) is 16.3 Å². The molecule has 5 nitrogen and oxygen atoms in total. The third-order valence-corrected chi connectivity index (χ3v) is 4.88. The molecule has 0 amide bonds. The number of aromatic nitrogens is 3. The van der Waals surface area contributed by atoms with Gasteiger partial charge in [0.05, 0.1) is 23.7 Å². The number of ether oxygens (including phenoxy) is 1. The van der Waals surface area contributed by atoms with Crippen molar-refractivity contribution in [2.24, 2.45) is 5.92 Å². The Morgan fingerprint density at radius 1 is 1.48 bits per heavy atom. The Kier molecular flexibility index (Phi) is 4.17. The molecule has 1 saturated carbocycles. The number of hydrogen-bond donors (Lipinski definition) is 0. The lowest BCUT2D eigenvalue weighted by Crippen LogP contribution is -2.27. The zero-order chi connectivity index (χ0) is 15.0. The van der Waals surface area contributed by atoms with Crippen molar-refractivity contribution in [1.29, 1.82) is 0 Å². The summed E-state index contributed by atoms with van der Waals surface area (Å²) in [4.78, 5) is 16.7. The number of carbonyl (C=O) groups excluding carboxylic acids is 1. The first-order chi connectivity index (χ1) is 10.1. The molecule has 1 aliphatic rings. The van der Waals surface area contributed by atoms with Gasteiger partial charge >= 0.3 is 5.97 Å². The van der Waals surface area contributed by atoms with Crippen molar-refractivity contribution in [1.82, 2.24) is 14.6 Å². The molecule has 2 heterocycles. The van der Waals surface area contributed by atoms with Crippen LogP contribution in [0.3, 0.4) is 0 Å². The molecule has 0 aliphatic heterocycles. The molecule has 0 spiro atoms. The molecule has 3 rings (SSSR count). The Hall–Kier alpha value is -1.14. The van der Waals surface area contributed by atoms with Gasteiger partial charge in [-0.05, 0) is 34.8 Å². The molecule has 1 aliphatic carbocycles. The van der Waals surface area contributed by atoms with Crippen LogP contribution >= 0.6 is 27.5 Å². The topological polar surface area (TPSA) is 56.5 Å². The van der Waals surface area contributed by atoms with Crippen molar-refractivity contribution in [3.05, 3.63) is 27.6 Å². The lowest BCUT2D eigenvalue weighted by molar-refractivity contribution is -0.147. The van der Waals surface area contributed by atoms with Crippen LogP contribution in [-0.4, -0.2) is 27.7 Å². The first-order valence-electron chi connectivity index (χ1n) is 6.89. The fourth-order valence-electron chi connectivity index (χ4n) is 3.03. The molecule has 2 aromatic heterocycles. The summed E-state index contributed by atoms with van der Waals surface area (Å²) in [6.07, 6.45) is 5.55. The van der Waals surface area contributed by atoms with Gasteiger partial charge in [-0.2, -0.15) is 5.10 Å². The van der Waals surface area contributed by atoms with E-state index < -0.39 is 0 Å². The van der Waals surface area contributed by atoms with Crippen LogP contribution in [-0.2, 0) is 9.53 Å². The van der Waals surface area contributed by atoms with Gasteiger partial charge in [-0.25, -0.2) is 9.50 Å². The number of rotatable bonds is 2. The second-order valence-electron chi connectivity index (χ2n) is 5.25. The van der Waals surface area contributed by atoms with Crippen LogP contribution in [0, 0.1) is 5.92 Å². The Balaban J connectivity index is 2.05. The maximum absolute atomic E-state index is 12.0. The van der Waals surface area contributed by atoms with Crippen LogP contribution in [0.5, 0.6) is 0 Å². The van der Waals surface area contributed by atoms with Crippen LogP contribution in [0.4, 0.5) is 0 Å². The van der Waals surface area contributed by atoms with Gasteiger partial charge in [-0.15, -0.1) is 0 Å². The Bertz CT molecular complexity index is 688. The maximum Gasteiger partial charge on any atom is 0.309 e. The third-order valence-electron chi connectivity index (χ3n) is 4.05. The van der Waals surface area contributed by atoms with Gasteiger partial charge in [0.1, 0.15) is 5.15 Å². The molecule has 0 unspecified atom stereocenters. The highest BCUT2D eigenvalue weighted by molar-refractivity contribution is 9.10. The highest BCUT2D eigenvalue weighted by Crippen LogP contribution is 2.38. The molecule has 7 heteroatoms. The summed E-state index contributed by atoms with van der Waals surface area (Å²) in [5.41, 5.74) is 1.51. The van der Waals surface area contributed by atoms with E-state index in [1.54, 1.807) is 16.8 Å². The lowest BCUT2D eigenvalue weighted by atomic mass is 9.77.